The zero-order valence-corrected chi connectivity index (χ0v) is 21.7. The molecule has 1 aliphatic carbocycles. The molecule has 0 spiro atoms. The topological polar surface area (TPSA) is 70.7 Å². The molecular formula is C27H39F3N4O. The number of anilines is 1. The highest BCUT2D eigenvalue weighted by atomic mass is 19.3. The molecule has 1 aromatic carbocycles. The Morgan fingerprint density at radius 3 is 2.29 bits per heavy atom. The fourth-order valence-electron chi connectivity index (χ4n) is 3.56. The van der Waals surface area contributed by atoms with E-state index in [0.717, 1.165) is 11.3 Å². The van der Waals surface area contributed by atoms with Crippen LogP contribution in [0.25, 0.3) is 10.9 Å². The van der Waals surface area contributed by atoms with Crippen LogP contribution in [0.4, 0.5) is 18.9 Å². The number of carbonyl (C=O) groups excluding carboxylic acids is 1. The number of hydrogen-bond donors (Lipinski definition) is 2. The smallest absolute Gasteiger partial charge is 0.265 e. The number of halogens is 3. The molecule has 194 valence electrons. The van der Waals surface area contributed by atoms with Gasteiger partial charge in [0.1, 0.15) is 11.4 Å². The van der Waals surface area contributed by atoms with E-state index in [-0.39, 0.29) is 17.0 Å². The number of hydrogen-bond acceptors (Lipinski definition) is 4. The Morgan fingerprint density at radius 1 is 1.14 bits per heavy atom. The fraction of sp³-hybridized carbons (Fsp3) is 0.519. The summed E-state index contributed by atoms with van der Waals surface area (Å²) in [6.07, 6.45) is 7.16. The number of nitrogens with zero attached hydrogens (tertiary/aromatic N) is 2. The summed E-state index contributed by atoms with van der Waals surface area (Å²) in [4.78, 5) is 14.1. The van der Waals surface area contributed by atoms with Gasteiger partial charge in [0, 0.05) is 23.7 Å². The highest BCUT2D eigenvalue weighted by Gasteiger charge is 2.20. The van der Waals surface area contributed by atoms with Gasteiger partial charge in [0.25, 0.3) is 6.43 Å². The molecular weight excluding hydrogens is 453 g/mol. The Morgan fingerprint density at radius 2 is 1.80 bits per heavy atom. The third-order valence-corrected chi connectivity index (χ3v) is 5.51. The van der Waals surface area contributed by atoms with Gasteiger partial charge in [0.2, 0.25) is 0 Å². The largest absolute Gasteiger partial charge is 0.388 e. The summed E-state index contributed by atoms with van der Waals surface area (Å²) < 4.78 is 38.4. The lowest BCUT2D eigenvalue weighted by Crippen LogP contribution is -2.12. The van der Waals surface area contributed by atoms with Gasteiger partial charge in [0.05, 0.1) is 17.4 Å². The summed E-state index contributed by atoms with van der Waals surface area (Å²) in [6.45, 7) is 9.17. The Balaban J connectivity index is 0.000000265. The second kappa shape index (κ2) is 15.2. The molecule has 1 aliphatic rings. The first-order chi connectivity index (χ1) is 16.7. The van der Waals surface area contributed by atoms with Crippen molar-refractivity contribution < 1.29 is 18.0 Å². The first-order valence-electron chi connectivity index (χ1n) is 12.2. The zero-order chi connectivity index (χ0) is 26.4. The average Bonchev–Trinajstić information content (AvgIpc) is 3.33. The number of aromatic nitrogens is 3. The molecule has 2 N–H and O–H groups in total. The molecule has 1 saturated carbocycles. The lowest BCUT2D eigenvalue weighted by molar-refractivity contribution is 0.111. The van der Waals surface area contributed by atoms with Crippen molar-refractivity contribution in [2.24, 2.45) is 5.92 Å². The number of benzene rings is 1. The van der Waals surface area contributed by atoms with E-state index in [0.29, 0.717) is 17.5 Å². The van der Waals surface area contributed by atoms with E-state index in [1.165, 1.54) is 52.0 Å². The van der Waals surface area contributed by atoms with E-state index < -0.39 is 12.1 Å². The second-order valence-electron chi connectivity index (χ2n) is 8.73. The Labute approximate surface area is 206 Å². The number of H-pyrrole nitrogens is 1. The van der Waals surface area contributed by atoms with Crippen molar-refractivity contribution in [3.05, 3.63) is 53.5 Å². The molecule has 0 bridgehead atoms. The molecule has 4 rings (SSSR count). The average molecular weight is 493 g/mol. The molecule has 8 heteroatoms. The van der Waals surface area contributed by atoms with Crippen molar-refractivity contribution in [1.82, 2.24) is 15.2 Å². The van der Waals surface area contributed by atoms with Crippen molar-refractivity contribution in [1.29, 1.82) is 0 Å². The number of aldehydes is 1. The number of rotatable bonds is 4. The molecule has 35 heavy (non-hydrogen) atoms. The molecule has 0 unspecified atom stereocenters. The Kier molecular flexibility index (Phi) is 13.1. The quantitative estimate of drug-likeness (QED) is 0.360. The van der Waals surface area contributed by atoms with Gasteiger partial charge in [-0.3, -0.25) is 9.89 Å². The van der Waals surface area contributed by atoms with Crippen LogP contribution in [0.1, 0.15) is 94.9 Å². The van der Waals surface area contributed by atoms with Gasteiger partial charge in [-0.1, -0.05) is 58.9 Å². The minimum atomic E-state index is -2.48. The third-order valence-electron chi connectivity index (χ3n) is 5.51. The predicted molar refractivity (Wildman–Crippen MR) is 138 cm³/mol. The maximum Gasteiger partial charge on any atom is 0.265 e. The van der Waals surface area contributed by atoms with Gasteiger partial charge in [-0.25, -0.2) is 18.2 Å². The number of alkyl halides is 3. The predicted octanol–water partition coefficient (Wildman–Crippen LogP) is 8.25. The highest BCUT2D eigenvalue weighted by molar-refractivity contribution is 5.83. The van der Waals surface area contributed by atoms with Crippen LogP contribution in [0.2, 0.25) is 0 Å². The lowest BCUT2D eigenvalue weighted by atomic mass is 9.91. The summed E-state index contributed by atoms with van der Waals surface area (Å²) in [7, 11) is 1.62. The number of aromatic amines is 1. The molecule has 0 aliphatic heterocycles. The van der Waals surface area contributed by atoms with E-state index in [1.54, 1.807) is 37.5 Å². The van der Waals surface area contributed by atoms with Crippen LogP contribution in [0, 0.1) is 5.92 Å². The Bertz CT molecular complexity index is 1010. The molecule has 0 atom stereocenters. The summed E-state index contributed by atoms with van der Waals surface area (Å²) in [5.41, 5.74) is 0.113. The van der Waals surface area contributed by atoms with Crippen LogP contribution < -0.4 is 5.32 Å². The van der Waals surface area contributed by atoms with E-state index in [1.807, 2.05) is 13.8 Å². The SMILES string of the molecule is CC.CC(C)(F)c1cccc(C=O)n1.CC1CCCCC1.CNc1cc2cn[nH]c2cc1C(F)F. The summed E-state index contributed by atoms with van der Waals surface area (Å²) in [6, 6.07) is 7.79. The number of pyridine rings is 1. The van der Waals surface area contributed by atoms with E-state index in [9.17, 15) is 18.0 Å². The summed E-state index contributed by atoms with van der Waals surface area (Å²) >= 11 is 0. The van der Waals surface area contributed by atoms with Gasteiger partial charge in [-0.05, 0) is 44.0 Å². The molecule has 0 saturated heterocycles. The van der Waals surface area contributed by atoms with Gasteiger partial charge in [-0.2, -0.15) is 5.10 Å². The van der Waals surface area contributed by atoms with E-state index in [4.69, 9.17) is 0 Å². The summed E-state index contributed by atoms with van der Waals surface area (Å²) in [5.74, 6) is 1.04. The second-order valence-corrected chi connectivity index (χ2v) is 8.73. The van der Waals surface area contributed by atoms with Gasteiger partial charge in [-0.15, -0.1) is 0 Å². The third kappa shape index (κ3) is 10.1. The standard InChI is InChI=1S/C9H9F2N3.C9H10FNO.C7H14.C2H6/c1-12-8-2-5-4-13-14-7(5)3-6(8)9(10)11;1-9(2,10)8-5-3-4-7(6-12)11-8;1-7-5-3-2-4-6-7;1-2/h2-4,9,12H,1H3,(H,13,14);3-6H,1-2H3;7H,2-6H2,1H3;1-2H3. The van der Waals surface area contributed by atoms with Crippen LogP contribution in [0.15, 0.2) is 36.5 Å². The van der Waals surface area contributed by atoms with Gasteiger partial charge < -0.3 is 5.32 Å². The molecule has 3 aromatic rings. The van der Waals surface area contributed by atoms with E-state index in [2.05, 4.69) is 27.4 Å². The van der Waals surface area contributed by atoms with Crippen LogP contribution in [-0.2, 0) is 5.67 Å². The molecule has 0 amide bonds. The maximum absolute atomic E-state index is 13.3. The van der Waals surface area contributed by atoms with Crippen molar-refractivity contribution in [3.8, 4) is 0 Å². The number of carbonyl (C=O) groups is 1. The van der Waals surface area contributed by atoms with Gasteiger partial charge in [0.15, 0.2) is 6.29 Å². The maximum atomic E-state index is 13.3. The molecule has 5 nitrogen and oxygen atoms in total. The minimum absolute atomic E-state index is 0.00995. The number of fused-ring (bicyclic) bond motifs is 1. The lowest BCUT2D eigenvalue weighted by Gasteiger charge is -2.15. The minimum Gasteiger partial charge on any atom is -0.388 e. The van der Waals surface area contributed by atoms with Crippen molar-refractivity contribution >= 4 is 22.9 Å². The van der Waals surface area contributed by atoms with Crippen LogP contribution in [0.5, 0.6) is 0 Å². The van der Waals surface area contributed by atoms with Crippen LogP contribution in [0.3, 0.4) is 0 Å². The summed E-state index contributed by atoms with van der Waals surface area (Å²) in [5, 5.41) is 9.99. The van der Waals surface area contributed by atoms with Crippen LogP contribution >= 0.6 is 0 Å². The van der Waals surface area contributed by atoms with E-state index >= 15 is 0 Å². The monoisotopic (exact) mass is 492 g/mol. The van der Waals surface area contributed by atoms with Crippen molar-refractivity contribution in [2.75, 3.05) is 12.4 Å². The fourth-order valence-corrected chi connectivity index (χ4v) is 3.56. The molecule has 1 fully saturated rings. The Hall–Kier alpha value is -2.90. The molecule has 2 heterocycles. The highest BCUT2D eigenvalue weighted by Crippen LogP contribution is 2.30. The number of nitrogens with one attached hydrogen (secondary N) is 2. The van der Waals surface area contributed by atoms with Crippen LogP contribution in [-0.4, -0.2) is 28.5 Å². The molecule has 2 aromatic heterocycles. The molecule has 0 radical (unpaired) electrons. The first-order valence-corrected chi connectivity index (χ1v) is 12.2. The van der Waals surface area contributed by atoms with Crippen molar-refractivity contribution in [2.45, 2.75) is 78.8 Å². The van der Waals surface area contributed by atoms with Gasteiger partial charge >= 0.3 is 0 Å². The normalized spacial score (nSPS) is 13.5. The first kappa shape index (κ1) is 30.1. The zero-order valence-electron chi connectivity index (χ0n) is 21.7. The van der Waals surface area contributed by atoms with Crippen molar-refractivity contribution in [3.63, 3.8) is 0 Å².